The molecule has 264 valence electrons. The lowest BCUT2D eigenvalue weighted by molar-refractivity contribution is 0.764. The summed E-state index contributed by atoms with van der Waals surface area (Å²) in [5.74, 6) is 2.23. The number of aromatic nitrogens is 5. The van der Waals surface area contributed by atoms with Gasteiger partial charge in [-0.3, -0.25) is 0 Å². The zero-order valence-electron chi connectivity index (χ0n) is 30.5. The third kappa shape index (κ3) is 5.36. The van der Waals surface area contributed by atoms with Crippen LogP contribution >= 0.6 is 0 Å². The van der Waals surface area contributed by atoms with Crippen molar-refractivity contribution in [3.8, 4) is 45.3 Å². The van der Waals surface area contributed by atoms with Gasteiger partial charge in [0, 0.05) is 50.0 Å². The van der Waals surface area contributed by atoms with Crippen LogP contribution in [0.5, 0.6) is 0 Å². The predicted octanol–water partition coefficient (Wildman–Crippen LogP) is 12.7. The van der Waals surface area contributed by atoms with Crippen LogP contribution in [0.1, 0.15) is 18.2 Å². The molecule has 0 radical (unpaired) electrons. The Kier molecular flexibility index (Phi) is 7.56. The third-order valence-electron chi connectivity index (χ3n) is 11.1. The van der Waals surface area contributed by atoms with Crippen molar-refractivity contribution in [3.05, 3.63) is 200 Å². The van der Waals surface area contributed by atoms with Gasteiger partial charge in [0.25, 0.3) is 0 Å². The molecule has 1 aliphatic rings. The average molecular weight is 718 g/mol. The SMILES string of the molecule is C1=CCC(c2nc(-c3ccccc3)nc(-c3cccc(-n4c5ccccc5c5ccc(-c6ccc7c(c6)c6ccccc6n7-c6ccccc6)cc54)c3)n2)C=C1. The highest BCUT2D eigenvalue weighted by Crippen LogP contribution is 2.39. The molecule has 5 nitrogen and oxygen atoms in total. The van der Waals surface area contributed by atoms with Gasteiger partial charge in [-0.05, 0) is 72.1 Å². The minimum absolute atomic E-state index is 0.0947. The van der Waals surface area contributed by atoms with Crippen molar-refractivity contribution in [2.24, 2.45) is 0 Å². The van der Waals surface area contributed by atoms with Gasteiger partial charge in [-0.25, -0.2) is 15.0 Å². The van der Waals surface area contributed by atoms with E-state index in [-0.39, 0.29) is 5.92 Å². The van der Waals surface area contributed by atoms with Crippen LogP contribution in [0, 0.1) is 0 Å². The Morgan fingerprint density at radius 2 is 0.982 bits per heavy atom. The third-order valence-corrected chi connectivity index (χ3v) is 11.1. The molecule has 7 aromatic carbocycles. The molecule has 0 bridgehead atoms. The second-order valence-electron chi connectivity index (χ2n) is 14.4. The Morgan fingerprint density at radius 1 is 0.393 bits per heavy atom. The summed E-state index contributed by atoms with van der Waals surface area (Å²) in [6.45, 7) is 0. The van der Waals surface area contributed by atoms with Crippen LogP contribution in [-0.2, 0) is 0 Å². The van der Waals surface area contributed by atoms with Gasteiger partial charge >= 0.3 is 0 Å². The zero-order valence-corrected chi connectivity index (χ0v) is 30.5. The number of hydrogen-bond donors (Lipinski definition) is 0. The summed E-state index contributed by atoms with van der Waals surface area (Å²) in [4.78, 5) is 15.1. The van der Waals surface area contributed by atoms with Crippen molar-refractivity contribution in [3.63, 3.8) is 0 Å². The summed E-state index contributed by atoms with van der Waals surface area (Å²) in [6, 6.07) is 60.6. The lowest BCUT2D eigenvalue weighted by Gasteiger charge is -2.15. The van der Waals surface area contributed by atoms with Gasteiger partial charge in [0.2, 0.25) is 0 Å². The second kappa shape index (κ2) is 13.2. The molecular weight excluding hydrogens is 683 g/mol. The standard InChI is InChI=1S/C51H35N5/c1-4-15-34(16-5-1)49-52-50(35-17-6-2-7-18-35)54-51(53-49)38-19-14-22-40(31-38)56-45-25-12-10-23-41(45)43-29-27-37(33-48(43)56)36-28-30-47-44(32-36)42-24-11-13-26-46(42)55(47)39-20-8-3-9-21-39/h1-17,19-33,35H,18H2. The Hall–Kier alpha value is -7.37. The number of nitrogens with zero attached hydrogens (tertiary/aromatic N) is 5. The van der Waals surface area contributed by atoms with Crippen LogP contribution in [0.4, 0.5) is 0 Å². The Morgan fingerprint density at radius 3 is 1.75 bits per heavy atom. The van der Waals surface area contributed by atoms with Crippen LogP contribution < -0.4 is 0 Å². The molecule has 3 heterocycles. The van der Waals surface area contributed by atoms with E-state index in [1.807, 2.05) is 18.2 Å². The van der Waals surface area contributed by atoms with E-state index in [1.165, 1.54) is 43.7 Å². The maximum Gasteiger partial charge on any atom is 0.163 e. The first-order valence-electron chi connectivity index (χ1n) is 19.1. The number of fused-ring (bicyclic) bond motifs is 6. The lowest BCUT2D eigenvalue weighted by atomic mass is 10.00. The maximum atomic E-state index is 5.10. The van der Waals surface area contributed by atoms with Crippen LogP contribution in [0.3, 0.4) is 0 Å². The number of hydrogen-bond acceptors (Lipinski definition) is 3. The Labute approximate surface area is 324 Å². The van der Waals surface area contributed by atoms with Crippen molar-refractivity contribution in [1.29, 1.82) is 0 Å². The highest BCUT2D eigenvalue weighted by Gasteiger charge is 2.19. The minimum Gasteiger partial charge on any atom is -0.309 e. The normalized spacial score (nSPS) is 14.0. The molecule has 0 spiro atoms. The molecular formula is C51H35N5. The van der Waals surface area contributed by atoms with E-state index in [0.717, 1.165) is 45.8 Å². The molecule has 0 aliphatic heterocycles. The largest absolute Gasteiger partial charge is 0.309 e. The van der Waals surface area contributed by atoms with Crippen LogP contribution in [0.25, 0.3) is 88.9 Å². The predicted molar refractivity (Wildman–Crippen MR) is 230 cm³/mol. The van der Waals surface area contributed by atoms with E-state index in [4.69, 9.17) is 15.0 Å². The first-order valence-corrected chi connectivity index (χ1v) is 19.1. The van der Waals surface area contributed by atoms with E-state index in [9.17, 15) is 0 Å². The first-order chi connectivity index (χ1) is 27.8. The average Bonchev–Trinajstić information content (AvgIpc) is 3.79. The Balaban J connectivity index is 1.07. The van der Waals surface area contributed by atoms with Crippen molar-refractivity contribution in [2.45, 2.75) is 12.3 Å². The summed E-state index contributed by atoms with van der Waals surface area (Å²) in [7, 11) is 0. The molecule has 1 unspecified atom stereocenters. The maximum absolute atomic E-state index is 5.10. The van der Waals surface area contributed by atoms with E-state index in [1.54, 1.807) is 0 Å². The lowest BCUT2D eigenvalue weighted by Crippen LogP contribution is -2.08. The Bertz CT molecular complexity index is 3170. The quantitative estimate of drug-likeness (QED) is 0.172. The molecule has 0 amide bonds. The number of allylic oxidation sites excluding steroid dienone is 4. The van der Waals surface area contributed by atoms with Crippen molar-refractivity contribution in [2.75, 3.05) is 0 Å². The van der Waals surface area contributed by atoms with E-state index >= 15 is 0 Å². The van der Waals surface area contributed by atoms with Crippen LogP contribution in [-0.4, -0.2) is 24.1 Å². The fourth-order valence-electron chi connectivity index (χ4n) is 8.40. The van der Waals surface area contributed by atoms with Gasteiger partial charge in [-0.1, -0.05) is 140 Å². The monoisotopic (exact) mass is 717 g/mol. The summed E-state index contributed by atoms with van der Waals surface area (Å²) in [5.41, 5.74) is 11.2. The zero-order chi connectivity index (χ0) is 37.0. The molecule has 5 heteroatoms. The van der Waals surface area contributed by atoms with Gasteiger partial charge in [-0.15, -0.1) is 0 Å². The molecule has 11 rings (SSSR count). The van der Waals surface area contributed by atoms with Crippen LogP contribution in [0.15, 0.2) is 194 Å². The molecule has 0 saturated carbocycles. The minimum atomic E-state index is 0.0947. The number of rotatable bonds is 6. The first kappa shape index (κ1) is 32.1. The molecule has 1 aliphatic carbocycles. The van der Waals surface area contributed by atoms with Gasteiger partial charge in [0.15, 0.2) is 11.6 Å². The summed E-state index contributed by atoms with van der Waals surface area (Å²) >= 11 is 0. The molecule has 56 heavy (non-hydrogen) atoms. The summed E-state index contributed by atoms with van der Waals surface area (Å²) < 4.78 is 4.75. The van der Waals surface area contributed by atoms with Gasteiger partial charge < -0.3 is 9.13 Å². The van der Waals surface area contributed by atoms with Crippen molar-refractivity contribution >= 4 is 43.6 Å². The van der Waals surface area contributed by atoms with Gasteiger partial charge in [-0.2, -0.15) is 0 Å². The van der Waals surface area contributed by atoms with E-state index < -0.39 is 0 Å². The van der Waals surface area contributed by atoms with E-state index in [2.05, 4.69) is 185 Å². The fraction of sp³-hybridized carbons (Fsp3) is 0.0392. The molecule has 0 saturated heterocycles. The number of para-hydroxylation sites is 3. The highest BCUT2D eigenvalue weighted by atomic mass is 15.0. The van der Waals surface area contributed by atoms with Crippen LogP contribution in [0.2, 0.25) is 0 Å². The van der Waals surface area contributed by atoms with E-state index in [0.29, 0.717) is 11.6 Å². The molecule has 0 N–H and O–H groups in total. The summed E-state index contributed by atoms with van der Waals surface area (Å²) in [5, 5.41) is 4.91. The fourth-order valence-corrected chi connectivity index (χ4v) is 8.40. The number of benzene rings is 7. The smallest absolute Gasteiger partial charge is 0.163 e. The summed E-state index contributed by atoms with van der Waals surface area (Å²) in [6.07, 6.45) is 9.38. The molecule has 3 aromatic heterocycles. The topological polar surface area (TPSA) is 48.5 Å². The highest BCUT2D eigenvalue weighted by molar-refractivity contribution is 6.12. The van der Waals surface area contributed by atoms with Crippen molar-refractivity contribution in [1.82, 2.24) is 24.1 Å². The second-order valence-corrected chi connectivity index (χ2v) is 14.4. The van der Waals surface area contributed by atoms with Gasteiger partial charge in [0.05, 0.1) is 22.1 Å². The van der Waals surface area contributed by atoms with Crippen molar-refractivity contribution < 1.29 is 0 Å². The van der Waals surface area contributed by atoms with Gasteiger partial charge in [0.1, 0.15) is 5.82 Å². The molecule has 0 fully saturated rings. The molecule has 10 aromatic rings. The molecule has 1 atom stereocenters.